The number of rotatable bonds is 14. The van der Waals surface area contributed by atoms with E-state index in [1.54, 1.807) is 7.11 Å². The first-order valence-electron chi connectivity index (χ1n) is 22.4. The maximum atomic E-state index is 15.5. The molecule has 3 atom stereocenters. The highest BCUT2D eigenvalue weighted by Gasteiger charge is 2.51. The average molecular weight is 811 g/mol. The Kier molecular flexibility index (Phi) is 13.3. The largest absolute Gasteiger partial charge is 0.496 e. The molecule has 60 heavy (non-hydrogen) atoms. The number of nitrogens with one attached hydrogen (secondary N) is 2. The van der Waals surface area contributed by atoms with Crippen molar-refractivity contribution in [2.24, 2.45) is 17.8 Å². The van der Waals surface area contributed by atoms with Crippen LogP contribution in [0.5, 0.6) is 5.75 Å². The zero-order chi connectivity index (χ0) is 42.6. The molecule has 9 nitrogen and oxygen atoms in total. The highest BCUT2D eigenvalue weighted by molar-refractivity contribution is 5.90. The van der Waals surface area contributed by atoms with Gasteiger partial charge in [-0.05, 0) is 143 Å². The van der Waals surface area contributed by atoms with Crippen LogP contribution >= 0.6 is 0 Å². The molecule has 9 heteroatoms. The van der Waals surface area contributed by atoms with Gasteiger partial charge in [0.25, 0.3) is 0 Å². The van der Waals surface area contributed by atoms with Crippen LogP contribution < -0.4 is 15.4 Å². The molecule has 2 N–H and O–H groups in total. The van der Waals surface area contributed by atoms with Crippen molar-refractivity contribution in [1.29, 1.82) is 0 Å². The van der Waals surface area contributed by atoms with E-state index >= 15 is 4.79 Å². The first-order valence-corrected chi connectivity index (χ1v) is 22.4. The molecule has 7 rings (SSSR count). The Morgan fingerprint density at radius 1 is 0.733 bits per heavy atom. The fraction of sp³-hybridized carbons (Fsp3) is 0.490. The molecule has 0 bridgehead atoms. The number of hydrogen-bond acceptors (Lipinski definition) is 5. The van der Waals surface area contributed by atoms with Gasteiger partial charge in [-0.3, -0.25) is 19.0 Å². The van der Waals surface area contributed by atoms with Crippen LogP contribution in [0.2, 0.25) is 0 Å². The molecule has 318 valence electrons. The Hall–Kier alpha value is -5.18. The van der Waals surface area contributed by atoms with Gasteiger partial charge in [-0.1, -0.05) is 68.4 Å². The Morgan fingerprint density at radius 3 is 1.97 bits per heavy atom. The van der Waals surface area contributed by atoms with Gasteiger partial charge in [0, 0.05) is 60.5 Å². The first-order chi connectivity index (χ1) is 28.9. The summed E-state index contributed by atoms with van der Waals surface area (Å²) in [5.74, 6) is 2.01. The van der Waals surface area contributed by atoms with Crippen molar-refractivity contribution in [3.05, 3.63) is 114 Å². The number of nitrogens with zero attached hydrogens (tertiary/aromatic N) is 4. The van der Waals surface area contributed by atoms with Crippen LogP contribution in [0, 0.1) is 24.7 Å². The number of methoxy groups -OCH3 is 1. The Balaban J connectivity index is 1.24. The second kappa shape index (κ2) is 18.6. The van der Waals surface area contributed by atoms with Gasteiger partial charge in [-0.2, -0.15) is 10.2 Å². The lowest BCUT2D eigenvalue weighted by atomic mass is 9.57. The minimum Gasteiger partial charge on any atom is -0.496 e. The third-order valence-corrected chi connectivity index (χ3v) is 13.5. The third-order valence-electron chi connectivity index (χ3n) is 13.5. The first kappa shape index (κ1) is 42.9. The number of benzene rings is 3. The van der Waals surface area contributed by atoms with Crippen LogP contribution in [0.1, 0.15) is 133 Å². The number of amides is 2. The van der Waals surface area contributed by atoms with E-state index in [0.717, 1.165) is 77.7 Å². The number of ether oxygens (including phenoxy) is 1. The van der Waals surface area contributed by atoms with E-state index in [4.69, 9.17) is 4.74 Å². The van der Waals surface area contributed by atoms with Crippen molar-refractivity contribution in [1.82, 2.24) is 30.2 Å². The van der Waals surface area contributed by atoms with Crippen LogP contribution in [0.4, 0.5) is 0 Å². The molecule has 0 saturated heterocycles. The second-order valence-corrected chi connectivity index (χ2v) is 18.5. The molecule has 0 spiro atoms. The van der Waals surface area contributed by atoms with Crippen molar-refractivity contribution in [2.45, 2.75) is 123 Å². The Bertz CT molecular complexity index is 2240. The quantitative estimate of drug-likeness (QED) is 0.116. The van der Waals surface area contributed by atoms with E-state index in [1.807, 2.05) is 35.6 Å². The van der Waals surface area contributed by atoms with Gasteiger partial charge in [-0.15, -0.1) is 0 Å². The van der Waals surface area contributed by atoms with Crippen molar-refractivity contribution in [2.75, 3.05) is 20.2 Å². The molecule has 2 aromatic heterocycles. The number of aryl methyl sites for hydroxylation is 1. The van der Waals surface area contributed by atoms with Crippen LogP contribution in [-0.2, 0) is 15.0 Å². The van der Waals surface area contributed by atoms with E-state index < -0.39 is 5.41 Å². The zero-order valence-electron chi connectivity index (χ0n) is 37.1. The summed E-state index contributed by atoms with van der Waals surface area (Å²) in [4.78, 5) is 28.4. The van der Waals surface area contributed by atoms with E-state index in [9.17, 15) is 4.79 Å². The van der Waals surface area contributed by atoms with E-state index in [0.29, 0.717) is 31.3 Å². The van der Waals surface area contributed by atoms with Crippen molar-refractivity contribution >= 4 is 11.8 Å². The van der Waals surface area contributed by atoms with E-state index in [2.05, 4.69) is 135 Å². The summed E-state index contributed by atoms with van der Waals surface area (Å²) in [7, 11) is 1.73. The molecule has 1 unspecified atom stereocenters. The van der Waals surface area contributed by atoms with E-state index in [1.165, 1.54) is 11.1 Å². The minimum atomic E-state index is -0.846. The van der Waals surface area contributed by atoms with Gasteiger partial charge in [0.15, 0.2) is 0 Å². The van der Waals surface area contributed by atoms with Gasteiger partial charge >= 0.3 is 0 Å². The minimum absolute atomic E-state index is 0.0665. The molecular weight excluding hydrogens is 745 g/mol. The van der Waals surface area contributed by atoms with Crippen LogP contribution in [0.3, 0.4) is 0 Å². The summed E-state index contributed by atoms with van der Waals surface area (Å²) in [5, 5.41) is 16.2. The average Bonchev–Trinajstić information content (AvgIpc) is 3.97. The highest BCUT2D eigenvalue weighted by Crippen LogP contribution is 2.52. The summed E-state index contributed by atoms with van der Waals surface area (Å²) < 4.78 is 9.51. The Labute approximate surface area is 357 Å². The lowest BCUT2D eigenvalue weighted by Crippen LogP contribution is -2.53. The lowest BCUT2D eigenvalue weighted by molar-refractivity contribution is -0.130. The summed E-state index contributed by atoms with van der Waals surface area (Å²) in [6, 6.07) is 24.5. The summed E-state index contributed by atoms with van der Waals surface area (Å²) in [5.41, 5.74) is 8.11. The molecule has 2 heterocycles. The Morgan fingerprint density at radius 2 is 1.37 bits per heavy atom. The molecule has 2 aliphatic rings. The van der Waals surface area contributed by atoms with Crippen LogP contribution in [0.25, 0.3) is 22.3 Å². The molecular formula is C51H66N6O3. The number of carbonyl (C=O) groups excluding carboxylic acids is 2. The predicted molar refractivity (Wildman–Crippen MR) is 241 cm³/mol. The van der Waals surface area contributed by atoms with Crippen LogP contribution in [-0.4, -0.2) is 51.6 Å². The maximum Gasteiger partial charge on any atom is 0.231 e. The molecule has 3 aromatic carbocycles. The number of carbonyl (C=O) groups is 2. The monoisotopic (exact) mass is 811 g/mol. The van der Waals surface area contributed by atoms with Crippen LogP contribution in [0.15, 0.2) is 91.5 Å². The number of aromatic nitrogens is 4. The van der Waals surface area contributed by atoms with Gasteiger partial charge in [0.05, 0.1) is 24.9 Å². The van der Waals surface area contributed by atoms with Crippen molar-refractivity contribution < 1.29 is 14.3 Å². The lowest BCUT2D eigenvalue weighted by Gasteiger charge is -2.47. The van der Waals surface area contributed by atoms with Crippen molar-refractivity contribution in [3.8, 4) is 28.0 Å². The summed E-state index contributed by atoms with van der Waals surface area (Å²) in [6.45, 7) is 15.8. The molecule has 2 aliphatic carbocycles. The van der Waals surface area contributed by atoms with Gasteiger partial charge in [0.2, 0.25) is 11.8 Å². The van der Waals surface area contributed by atoms with E-state index in [-0.39, 0.29) is 41.7 Å². The molecule has 2 amide bonds. The smallest absolute Gasteiger partial charge is 0.231 e. The molecule has 0 radical (unpaired) electrons. The topological polar surface area (TPSA) is 103 Å². The zero-order valence-corrected chi connectivity index (χ0v) is 37.1. The van der Waals surface area contributed by atoms with Gasteiger partial charge in [0.1, 0.15) is 5.75 Å². The fourth-order valence-corrected chi connectivity index (χ4v) is 9.76. The SMILES string of the molecule is COc1ccc(C2CCC(CNC(=O)C3(c4cccc(-c5cnn(C(C)C)c5)c4)CC[C@@H](CNC(=O)C(C)C)C[C@@H]3c3cccc(-c4cnn(C(C)C)c4)c3)CC2)cc1C. The normalized spacial score (nSPS) is 22.0. The van der Waals surface area contributed by atoms with Gasteiger partial charge < -0.3 is 15.4 Å². The summed E-state index contributed by atoms with van der Waals surface area (Å²) in [6.07, 6.45) is 14.7. The number of hydrogen-bond donors (Lipinski definition) is 2. The van der Waals surface area contributed by atoms with Crippen molar-refractivity contribution in [3.63, 3.8) is 0 Å². The predicted octanol–water partition coefficient (Wildman–Crippen LogP) is 10.6. The standard InChI is InChI=1S/C51H66N6O3/c1-33(2)49(58)52-28-38-21-22-51(46-14-10-12-41(26-46)45-30-55-57(32-45)35(5)6,47(24-38)43-13-9-11-40(25-43)44-29-54-56(31-44)34(3)4)50(59)53-27-37-15-17-39(18-16-37)42-19-20-48(60-8)36(7)23-42/h9-14,19-20,23,25-26,29-35,37-39,47H,15-18,21-22,24,27-28H2,1-8H3,(H,52,58)(H,53,59)/t37?,38-,39?,47-,51?/m1/s1. The molecule has 2 fully saturated rings. The maximum absolute atomic E-state index is 15.5. The molecule has 5 aromatic rings. The fourth-order valence-electron chi connectivity index (χ4n) is 9.76. The summed E-state index contributed by atoms with van der Waals surface area (Å²) >= 11 is 0. The van der Waals surface area contributed by atoms with Gasteiger partial charge in [-0.25, -0.2) is 0 Å². The molecule has 2 saturated carbocycles. The highest BCUT2D eigenvalue weighted by atomic mass is 16.5. The second-order valence-electron chi connectivity index (χ2n) is 18.5. The third kappa shape index (κ3) is 9.25. The molecule has 0 aliphatic heterocycles.